The van der Waals surface area contributed by atoms with Gasteiger partial charge in [-0.2, -0.15) is 0 Å². The van der Waals surface area contributed by atoms with Crippen LogP contribution in [0.15, 0.2) is 28.7 Å². The summed E-state index contributed by atoms with van der Waals surface area (Å²) in [6, 6.07) is 8.70. The molecular weight excluding hydrogens is 328 g/mol. The maximum absolute atomic E-state index is 12.5. The van der Waals surface area contributed by atoms with Crippen molar-refractivity contribution < 1.29 is 4.79 Å². The number of carbonyl (C=O) groups is 1. The highest BCUT2D eigenvalue weighted by molar-refractivity contribution is 9.10. The van der Waals surface area contributed by atoms with Gasteiger partial charge in [-0.1, -0.05) is 28.1 Å². The van der Waals surface area contributed by atoms with Crippen LogP contribution in [0.4, 0.5) is 0 Å². The maximum Gasteiger partial charge on any atom is 0.226 e. The van der Waals surface area contributed by atoms with Gasteiger partial charge in [-0.15, -0.1) is 0 Å². The summed E-state index contributed by atoms with van der Waals surface area (Å²) in [7, 11) is 0. The van der Waals surface area contributed by atoms with Crippen molar-refractivity contribution in [2.75, 3.05) is 19.6 Å². The SMILES string of the molecule is O=C(Cc1ccc(Br)cc1)N1CCCC(C2CCCN2)C1. The molecule has 0 spiro atoms. The molecule has 1 amide bonds. The van der Waals surface area contributed by atoms with Crippen molar-refractivity contribution in [1.82, 2.24) is 10.2 Å². The molecule has 1 aromatic carbocycles. The number of halogens is 1. The molecule has 2 heterocycles. The van der Waals surface area contributed by atoms with Crippen LogP contribution in [0, 0.1) is 5.92 Å². The van der Waals surface area contributed by atoms with Gasteiger partial charge in [-0.25, -0.2) is 0 Å². The summed E-state index contributed by atoms with van der Waals surface area (Å²) < 4.78 is 1.06. The predicted molar refractivity (Wildman–Crippen MR) is 88.2 cm³/mol. The van der Waals surface area contributed by atoms with E-state index in [2.05, 4.69) is 26.1 Å². The third-order valence-electron chi connectivity index (χ3n) is 4.75. The van der Waals surface area contributed by atoms with Gasteiger partial charge in [0.05, 0.1) is 6.42 Å². The van der Waals surface area contributed by atoms with E-state index >= 15 is 0 Å². The highest BCUT2D eigenvalue weighted by Crippen LogP contribution is 2.25. The van der Waals surface area contributed by atoms with Crippen LogP contribution in [0.1, 0.15) is 31.2 Å². The van der Waals surface area contributed by atoms with Crippen LogP contribution in [0.25, 0.3) is 0 Å². The van der Waals surface area contributed by atoms with Crippen LogP contribution < -0.4 is 5.32 Å². The molecule has 1 aromatic rings. The number of nitrogens with zero attached hydrogens (tertiary/aromatic N) is 1. The molecule has 114 valence electrons. The predicted octanol–water partition coefficient (Wildman–Crippen LogP) is 2.98. The Hall–Kier alpha value is -0.870. The second-order valence-corrected chi connectivity index (χ2v) is 7.16. The summed E-state index contributed by atoms with van der Waals surface area (Å²) in [4.78, 5) is 14.6. The molecule has 3 nitrogen and oxygen atoms in total. The Morgan fingerprint density at radius 3 is 2.76 bits per heavy atom. The molecule has 1 N–H and O–H groups in total. The zero-order valence-corrected chi connectivity index (χ0v) is 13.9. The van der Waals surface area contributed by atoms with Crippen molar-refractivity contribution in [1.29, 1.82) is 0 Å². The highest BCUT2D eigenvalue weighted by atomic mass is 79.9. The monoisotopic (exact) mass is 350 g/mol. The van der Waals surface area contributed by atoms with Crippen molar-refractivity contribution in [3.05, 3.63) is 34.3 Å². The average Bonchev–Trinajstić information content (AvgIpc) is 3.04. The van der Waals surface area contributed by atoms with Gasteiger partial charge in [-0.3, -0.25) is 4.79 Å². The van der Waals surface area contributed by atoms with E-state index < -0.39 is 0 Å². The number of hydrogen-bond acceptors (Lipinski definition) is 2. The minimum atomic E-state index is 0.278. The zero-order chi connectivity index (χ0) is 14.7. The Kier molecular flexibility index (Phi) is 4.96. The standard InChI is InChI=1S/C17H23BrN2O/c18-15-7-5-13(6-8-15)11-17(21)20-10-2-3-14(12-20)16-4-1-9-19-16/h5-8,14,16,19H,1-4,9-12H2. The smallest absolute Gasteiger partial charge is 0.226 e. The van der Waals surface area contributed by atoms with Gasteiger partial charge in [0.1, 0.15) is 0 Å². The molecule has 2 fully saturated rings. The Morgan fingerprint density at radius 2 is 2.05 bits per heavy atom. The average molecular weight is 351 g/mol. The second-order valence-electron chi connectivity index (χ2n) is 6.25. The Labute approximate surface area is 135 Å². The fourth-order valence-corrected chi connectivity index (χ4v) is 3.83. The van der Waals surface area contributed by atoms with Crippen molar-refractivity contribution in [2.45, 2.75) is 38.1 Å². The molecule has 0 saturated carbocycles. The molecule has 2 aliphatic heterocycles. The molecule has 3 rings (SSSR count). The van der Waals surface area contributed by atoms with E-state index in [1.165, 1.54) is 19.3 Å². The summed E-state index contributed by atoms with van der Waals surface area (Å²) in [5, 5.41) is 3.60. The van der Waals surface area contributed by atoms with E-state index in [0.29, 0.717) is 18.4 Å². The number of hydrogen-bond donors (Lipinski definition) is 1. The van der Waals surface area contributed by atoms with E-state index in [0.717, 1.165) is 36.1 Å². The van der Waals surface area contributed by atoms with Crippen molar-refractivity contribution in [3.63, 3.8) is 0 Å². The summed E-state index contributed by atoms with van der Waals surface area (Å²) in [5.74, 6) is 0.926. The van der Waals surface area contributed by atoms with Crippen molar-refractivity contribution >= 4 is 21.8 Å². The van der Waals surface area contributed by atoms with E-state index in [1.807, 2.05) is 24.3 Å². The molecule has 4 heteroatoms. The van der Waals surface area contributed by atoms with Crippen molar-refractivity contribution in [3.8, 4) is 0 Å². The third kappa shape index (κ3) is 3.86. The molecule has 2 unspecified atom stereocenters. The van der Waals surface area contributed by atoms with Crippen LogP contribution in [0.5, 0.6) is 0 Å². The molecule has 2 saturated heterocycles. The van der Waals surface area contributed by atoms with Crippen LogP contribution in [-0.4, -0.2) is 36.5 Å². The van der Waals surface area contributed by atoms with Crippen molar-refractivity contribution in [2.24, 2.45) is 5.92 Å². The van der Waals surface area contributed by atoms with Crippen LogP contribution >= 0.6 is 15.9 Å². The summed E-state index contributed by atoms with van der Waals surface area (Å²) in [6.07, 6.45) is 5.50. The van der Waals surface area contributed by atoms with E-state index in [4.69, 9.17) is 0 Å². The van der Waals surface area contributed by atoms with Gasteiger partial charge in [0.2, 0.25) is 5.91 Å². The first kappa shape index (κ1) is 15.0. The lowest BCUT2D eigenvalue weighted by Gasteiger charge is -2.36. The minimum absolute atomic E-state index is 0.278. The quantitative estimate of drug-likeness (QED) is 0.908. The highest BCUT2D eigenvalue weighted by Gasteiger charge is 2.30. The van der Waals surface area contributed by atoms with Gasteiger partial charge in [0.25, 0.3) is 0 Å². The number of nitrogens with one attached hydrogen (secondary N) is 1. The topological polar surface area (TPSA) is 32.3 Å². The number of likely N-dealkylation sites (tertiary alicyclic amines) is 1. The molecular formula is C17H23BrN2O. The molecule has 0 bridgehead atoms. The van der Waals surface area contributed by atoms with Crippen LogP contribution in [0.2, 0.25) is 0 Å². The third-order valence-corrected chi connectivity index (χ3v) is 5.28. The Morgan fingerprint density at radius 1 is 1.24 bits per heavy atom. The van der Waals surface area contributed by atoms with E-state index in [9.17, 15) is 4.79 Å². The fraction of sp³-hybridized carbons (Fsp3) is 0.588. The number of carbonyl (C=O) groups excluding carboxylic acids is 1. The van der Waals surface area contributed by atoms with Gasteiger partial charge < -0.3 is 10.2 Å². The first-order valence-corrected chi connectivity index (χ1v) is 8.77. The number of piperidine rings is 1. The largest absolute Gasteiger partial charge is 0.342 e. The molecule has 21 heavy (non-hydrogen) atoms. The van der Waals surface area contributed by atoms with E-state index in [1.54, 1.807) is 0 Å². The Bertz CT molecular complexity index is 482. The van der Waals surface area contributed by atoms with Gasteiger partial charge in [-0.05, 0) is 55.8 Å². The number of rotatable bonds is 3. The first-order chi connectivity index (χ1) is 10.2. The maximum atomic E-state index is 12.5. The van der Waals surface area contributed by atoms with Crippen LogP contribution in [-0.2, 0) is 11.2 Å². The lowest BCUT2D eigenvalue weighted by atomic mass is 9.89. The molecule has 0 aliphatic carbocycles. The van der Waals surface area contributed by atoms with Gasteiger partial charge in [0, 0.05) is 23.6 Å². The molecule has 0 aromatic heterocycles. The lowest BCUT2D eigenvalue weighted by molar-refractivity contribution is -0.132. The molecule has 2 aliphatic rings. The normalized spacial score (nSPS) is 26.0. The van der Waals surface area contributed by atoms with Gasteiger partial charge in [0.15, 0.2) is 0 Å². The lowest BCUT2D eigenvalue weighted by Crippen LogP contribution is -2.46. The number of amides is 1. The van der Waals surface area contributed by atoms with Gasteiger partial charge >= 0.3 is 0 Å². The zero-order valence-electron chi connectivity index (χ0n) is 12.4. The molecule has 2 atom stereocenters. The minimum Gasteiger partial charge on any atom is -0.342 e. The first-order valence-electron chi connectivity index (χ1n) is 7.98. The fourth-order valence-electron chi connectivity index (χ4n) is 3.57. The number of benzene rings is 1. The second kappa shape index (κ2) is 6.93. The molecule has 0 radical (unpaired) electrons. The Balaban J connectivity index is 1.57. The van der Waals surface area contributed by atoms with E-state index in [-0.39, 0.29) is 5.91 Å². The summed E-state index contributed by atoms with van der Waals surface area (Å²) in [5.41, 5.74) is 1.10. The summed E-state index contributed by atoms with van der Waals surface area (Å²) in [6.45, 7) is 3.01. The van der Waals surface area contributed by atoms with Crippen LogP contribution in [0.3, 0.4) is 0 Å². The summed E-state index contributed by atoms with van der Waals surface area (Å²) >= 11 is 3.43.